The molecule has 0 radical (unpaired) electrons. The quantitative estimate of drug-likeness (QED) is 0.283. The van der Waals surface area contributed by atoms with E-state index in [1.54, 1.807) is 0 Å². The SMILES string of the molecule is CCCOC(=O)C=CC(=O)O[SiH2]CCC. The maximum Gasteiger partial charge on any atom is 0.331 e. The van der Waals surface area contributed by atoms with E-state index >= 15 is 0 Å². The first-order valence-electron chi connectivity index (χ1n) is 5.22. The number of ether oxygens (including phenoxy) is 1. The number of esters is 1. The van der Waals surface area contributed by atoms with Gasteiger partial charge in [0.05, 0.1) is 6.61 Å². The molecule has 0 fully saturated rings. The molecule has 0 aromatic carbocycles. The lowest BCUT2D eigenvalue weighted by Gasteiger charge is -1.99. The standard InChI is InChI=1S/C10H18O4Si/c1-3-7-13-9(11)5-6-10(12)14-15-8-4-2/h5-6H,3-4,7-8,15H2,1-2H3. The Hall–Kier alpha value is -1.10. The van der Waals surface area contributed by atoms with Crippen LogP contribution in [0.1, 0.15) is 26.7 Å². The summed E-state index contributed by atoms with van der Waals surface area (Å²) in [6, 6.07) is 0.972. The van der Waals surface area contributed by atoms with Crippen molar-refractivity contribution < 1.29 is 18.8 Å². The van der Waals surface area contributed by atoms with Gasteiger partial charge in [-0.3, -0.25) is 0 Å². The molecule has 0 aliphatic heterocycles. The summed E-state index contributed by atoms with van der Waals surface area (Å²) in [6.07, 6.45) is 4.04. The van der Waals surface area contributed by atoms with E-state index < -0.39 is 21.7 Å². The zero-order chi connectivity index (χ0) is 11.5. The van der Waals surface area contributed by atoms with Gasteiger partial charge in [0.25, 0.3) is 0 Å². The predicted molar refractivity (Wildman–Crippen MR) is 60.1 cm³/mol. The molecule has 0 bridgehead atoms. The lowest BCUT2D eigenvalue weighted by Crippen LogP contribution is -2.07. The highest BCUT2D eigenvalue weighted by molar-refractivity contribution is 6.31. The summed E-state index contributed by atoms with van der Waals surface area (Å²) in [4.78, 5) is 21.9. The molecule has 0 saturated heterocycles. The molecular formula is C10H18O4Si. The van der Waals surface area contributed by atoms with Gasteiger partial charge in [0.1, 0.15) is 0 Å². The van der Waals surface area contributed by atoms with Crippen molar-refractivity contribution in [3.63, 3.8) is 0 Å². The molecule has 0 rings (SSSR count). The maximum atomic E-state index is 11.0. The molecule has 0 aromatic heterocycles. The maximum absolute atomic E-state index is 11.0. The van der Waals surface area contributed by atoms with Crippen LogP contribution >= 0.6 is 0 Å². The molecule has 5 heteroatoms. The molecule has 0 N–H and O–H groups in total. The Morgan fingerprint density at radius 3 is 2.40 bits per heavy atom. The minimum absolute atomic E-state index is 0.378. The van der Waals surface area contributed by atoms with Gasteiger partial charge in [0, 0.05) is 12.2 Å². The molecule has 4 nitrogen and oxygen atoms in total. The summed E-state index contributed by atoms with van der Waals surface area (Å²) in [7, 11) is -0.750. The fraction of sp³-hybridized carbons (Fsp3) is 0.600. The number of carbonyl (C=O) groups excluding carboxylic acids is 2. The second kappa shape index (κ2) is 9.45. The monoisotopic (exact) mass is 230 g/mol. The van der Waals surface area contributed by atoms with E-state index in [9.17, 15) is 9.59 Å². The van der Waals surface area contributed by atoms with Crippen molar-refractivity contribution in [2.45, 2.75) is 32.7 Å². The average Bonchev–Trinajstić information content (AvgIpc) is 2.24. The summed E-state index contributed by atoms with van der Waals surface area (Å²) in [5.41, 5.74) is 0. The molecular weight excluding hydrogens is 212 g/mol. The molecule has 0 aromatic rings. The molecule has 0 heterocycles. The molecule has 0 aliphatic carbocycles. The predicted octanol–water partition coefficient (Wildman–Crippen LogP) is 0.951. The lowest BCUT2D eigenvalue weighted by atomic mass is 10.5. The Balaban J connectivity index is 3.65. The van der Waals surface area contributed by atoms with Gasteiger partial charge in [-0.25, -0.2) is 9.59 Å². The minimum Gasteiger partial charge on any atom is -0.522 e. The highest BCUT2D eigenvalue weighted by Gasteiger charge is 1.99. The van der Waals surface area contributed by atoms with Gasteiger partial charge in [0.15, 0.2) is 0 Å². The van der Waals surface area contributed by atoms with Crippen molar-refractivity contribution >= 4 is 21.7 Å². The van der Waals surface area contributed by atoms with E-state index in [-0.39, 0.29) is 0 Å². The Morgan fingerprint density at radius 2 is 1.80 bits per heavy atom. The molecule has 86 valence electrons. The van der Waals surface area contributed by atoms with Crippen LogP contribution < -0.4 is 0 Å². The zero-order valence-electron chi connectivity index (χ0n) is 9.32. The third-order valence-electron chi connectivity index (χ3n) is 1.55. The van der Waals surface area contributed by atoms with Crippen LogP contribution in [0, 0.1) is 0 Å². The Bertz CT molecular complexity index is 225. The molecule has 15 heavy (non-hydrogen) atoms. The summed E-state index contributed by atoms with van der Waals surface area (Å²) in [5.74, 6) is -0.936. The van der Waals surface area contributed by atoms with Crippen LogP contribution in [0.2, 0.25) is 6.04 Å². The highest BCUT2D eigenvalue weighted by Crippen LogP contribution is 1.90. The summed E-state index contributed by atoms with van der Waals surface area (Å²) in [5, 5.41) is 0. The van der Waals surface area contributed by atoms with E-state index in [1.165, 1.54) is 0 Å². The first kappa shape index (κ1) is 13.9. The van der Waals surface area contributed by atoms with E-state index in [1.807, 2.05) is 13.8 Å². The minimum atomic E-state index is -0.750. The number of carbonyl (C=O) groups is 2. The van der Waals surface area contributed by atoms with Crippen LogP contribution in [-0.2, 0) is 18.8 Å². The van der Waals surface area contributed by atoms with Crippen molar-refractivity contribution in [1.82, 2.24) is 0 Å². The average molecular weight is 230 g/mol. The Kier molecular flexibility index (Phi) is 8.76. The van der Waals surface area contributed by atoms with Crippen LogP contribution in [-0.4, -0.2) is 28.3 Å². The topological polar surface area (TPSA) is 52.6 Å². The fourth-order valence-electron chi connectivity index (χ4n) is 0.752. The van der Waals surface area contributed by atoms with Gasteiger partial charge in [-0.2, -0.15) is 0 Å². The fourth-order valence-corrected chi connectivity index (χ4v) is 1.48. The Labute approximate surface area is 92.6 Å². The van der Waals surface area contributed by atoms with Gasteiger partial charge in [0.2, 0.25) is 9.76 Å². The van der Waals surface area contributed by atoms with Gasteiger partial charge in [-0.1, -0.05) is 20.3 Å². The molecule has 0 amide bonds. The van der Waals surface area contributed by atoms with Crippen molar-refractivity contribution in [3.8, 4) is 0 Å². The van der Waals surface area contributed by atoms with Crippen LogP contribution in [0.15, 0.2) is 12.2 Å². The third-order valence-corrected chi connectivity index (χ3v) is 3.03. The van der Waals surface area contributed by atoms with Gasteiger partial charge in [-0.05, 0) is 12.5 Å². The Morgan fingerprint density at radius 1 is 1.13 bits per heavy atom. The van der Waals surface area contributed by atoms with E-state index in [4.69, 9.17) is 9.16 Å². The number of hydrogen-bond acceptors (Lipinski definition) is 4. The summed E-state index contributed by atoms with van der Waals surface area (Å²) in [6.45, 7) is 4.32. The zero-order valence-corrected chi connectivity index (χ0v) is 10.7. The second-order valence-corrected chi connectivity index (χ2v) is 4.43. The molecule has 0 unspecified atom stereocenters. The second-order valence-electron chi connectivity index (χ2n) is 3.02. The molecule has 0 atom stereocenters. The van der Waals surface area contributed by atoms with Crippen LogP contribution in [0.4, 0.5) is 0 Å². The molecule has 0 spiro atoms. The lowest BCUT2D eigenvalue weighted by molar-refractivity contribution is -0.138. The number of rotatable bonds is 7. The highest BCUT2D eigenvalue weighted by atomic mass is 28.2. The van der Waals surface area contributed by atoms with E-state index in [0.29, 0.717) is 6.61 Å². The molecule has 0 aliphatic rings. The first-order valence-corrected chi connectivity index (χ1v) is 6.80. The van der Waals surface area contributed by atoms with E-state index in [0.717, 1.165) is 31.0 Å². The smallest absolute Gasteiger partial charge is 0.331 e. The third kappa shape index (κ3) is 9.21. The van der Waals surface area contributed by atoms with Gasteiger partial charge < -0.3 is 9.16 Å². The van der Waals surface area contributed by atoms with Crippen LogP contribution in [0.25, 0.3) is 0 Å². The first-order chi connectivity index (χ1) is 7.20. The van der Waals surface area contributed by atoms with Crippen molar-refractivity contribution in [2.24, 2.45) is 0 Å². The van der Waals surface area contributed by atoms with Crippen LogP contribution in [0.3, 0.4) is 0 Å². The normalized spacial score (nSPS) is 11.1. The van der Waals surface area contributed by atoms with Gasteiger partial charge in [-0.15, -0.1) is 0 Å². The summed E-state index contributed by atoms with van der Waals surface area (Å²) < 4.78 is 9.69. The number of hydrogen-bond donors (Lipinski definition) is 0. The summed E-state index contributed by atoms with van der Waals surface area (Å²) >= 11 is 0. The van der Waals surface area contributed by atoms with Gasteiger partial charge >= 0.3 is 11.9 Å². The van der Waals surface area contributed by atoms with E-state index in [2.05, 4.69) is 0 Å². The van der Waals surface area contributed by atoms with Crippen LogP contribution in [0.5, 0.6) is 0 Å². The largest absolute Gasteiger partial charge is 0.522 e. The van der Waals surface area contributed by atoms with Crippen molar-refractivity contribution in [1.29, 1.82) is 0 Å². The molecule has 0 saturated carbocycles. The van der Waals surface area contributed by atoms with Crippen molar-refractivity contribution in [3.05, 3.63) is 12.2 Å². The van der Waals surface area contributed by atoms with Crippen molar-refractivity contribution in [2.75, 3.05) is 6.61 Å².